The number of aromatic nitrogens is 2. The van der Waals surface area contributed by atoms with Crippen molar-refractivity contribution in [2.45, 2.75) is 32.4 Å². The Morgan fingerprint density at radius 2 is 2.00 bits per heavy atom. The number of rotatable bonds is 12. The van der Waals surface area contributed by atoms with Gasteiger partial charge in [-0.05, 0) is 50.2 Å². The Morgan fingerprint density at radius 3 is 2.78 bits per heavy atom. The zero-order valence-corrected chi connectivity index (χ0v) is 21.5. The molecular weight excluding hydrogens is 458 g/mol. The number of ether oxygens (including phenoxy) is 3. The molecule has 0 aliphatic carbocycles. The van der Waals surface area contributed by atoms with Crippen molar-refractivity contribution in [1.82, 2.24) is 20.2 Å². The molecule has 1 amide bonds. The van der Waals surface area contributed by atoms with Crippen molar-refractivity contribution in [1.29, 1.82) is 0 Å². The summed E-state index contributed by atoms with van der Waals surface area (Å²) in [6.45, 7) is 7.54. The number of hydrogen-bond acceptors (Lipinski definition) is 7. The summed E-state index contributed by atoms with van der Waals surface area (Å²) >= 11 is 0. The lowest BCUT2D eigenvalue weighted by atomic mass is 10.0. The van der Waals surface area contributed by atoms with Gasteiger partial charge in [0.2, 0.25) is 0 Å². The predicted molar refractivity (Wildman–Crippen MR) is 141 cm³/mol. The predicted octanol–water partition coefficient (Wildman–Crippen LogP) is 3.54. The van der Waals surface area contributed by atoms with E-state index in [1.165, 1.54) is 0 Å². The summed E-state index contributed by atoms with van der Waals surface area (Å²) in [5.41, 5.74) is 3.57. The molecule has 0 bridgehead atoms. The van der Waals surface area contributed by atoms with Crippen LogP contribution in [0.3, 0.4) is 0 Å². The van der Waals surface area contributed by atoms with Crippen molar-refractivity contribution in [2.75, 3.05) is 52.4 Å². The molecule has 3 aromatic rings. The van der Waals surface area contributed by atoms with Crippen LogP contribution in [0.15, 0.2) is 42.7 Å². The SMILES string of the molecule is COCCCOc1cc(C(=O)N(C[C@@H]2CNC[C@H]2Nc2ccc3nc[nH]c3c2)C(C)C)ccc1OC. The molecule has 1 fully saturated rings. The number of carbonyl (C=O) groups excluding carboxylic acids is 1. The molecule has 2 aromatic carbocycles. The minimum absolute atomic E-state index is 0.0149. The summed E-state index contributed by atoms with van der Waals surface area (Å²) in [6.07, 6.45) is 2.46. The van der Waals surface area contributed by atoms with Gasteiger partial charge >= 0.3 is 0 Å². The van der Waals surface area contributed by atoms with Gasteiger partial charge in [-0.2, -0.15) is 0 Å². The minimum atomic E-state index is -0.0149. The van der Waals surface area contributed by atoms with Crippen molar-refractivity contribution in [3.8, 4) is 11.5 Å². The second-order valence-electron chi connectivity index (χ2n) is 9.42. The van der Waals surface area contributed by atoms with Crippen molar-refractivity contribution in [2.24, 2.45) is 5.92 Å². The number of fused-ring (bicyclic) bond motifs is 1. The third kappa shape index (κ3) is 6.09. The smallest absolute Gasteiger partial charge is 0.254 e. The van der Waals surface area contributed by atoms with Gasteiger partial charge in [0.05, 0.1) is 31.1 Å². The van der Waals surface area contributed by atoms with Crippen molar-refractivity contribution < 1.29 is 19.0 Å². The van der Waals surface area contributed by atoms with Crippen LogP contribution < -0.4 is 20.1 Å². The number of H-pyrrole nitrogens is 1. The van der Waals surface area contributed by atoms with E-state index in [2.05, 4.69) is 46.6 Å². The first-order valence-corrected chi connectivity index (χ1v) is 12.5. The lowest BCUT2D eigenvalue weighted by Gasteiger charge is -2.32. The summed E-state index contributed by atoms with van der Waals surface area (Å²) in [6, 6.07) is 11.8. The highest BCUT2D eigenvalue weighted by molar-refractivity contribution is 5.95. The van der Waals surface area contributed by atoms with Crippen LogP contribution in [0, 0.1) is 5.92 Å². The summed E-state index contributed by atoms with van der Waals surface area (Å²) in [4.78, 5) is 23.0. The number of anilines is 1. The quantitative estimate of drug-likeness (QED) is 0.331. The Labute approximate surface area is 212 Å². The first kappa shape index (κ1) is 25.8. The maximum atomic E-state index is 13.6. The number of hydrogen-bond donors (Lipinski definition) is 3. The van der Waals surface area contributed by atoms with Gasteiger partial charge in [0.1, 0.15) is 0 Å². The Morgan fingerprint density at radius 1 is 1.14 bits per heavy atom. The molecule has 9 nitrogen and oxygen atoms in total. The van der Waals surface area contributed by atoms with Crippen molar-refractivity contribution in [3.63, 3.8) is 0 Å². The molecule has 9 heteroatoms. The number of nitrogens with zero attached hydrogens (tertiary/aromatic N) is 2. The van der Waals surface area contributed by atoms with E-state index in [0.717, 1.165) is 36.2 Å². The largest absolute Gasteiger partial charge is 0.493 e. The highest BCUT2D eigenvalue weighted by Gasteiger charge is 2.32. The van der Waals surface area contributed by atoms with E-state index in [9.17, 15) is 4.79 Å². The van der Waals surface area contributed by atoms with Gasteiger partial charge in [-0.15, -0.1) is 0 Å². The lowest BCUT2D eigenvalue weighted by molar-refractivity contribution is 0.0674. The van der Waals surface area contributed by atoms with Crippen LogP contribution in [0.5, 0.6) is 11.5 Å². The number of methoxy groups -OCH3 is 2. The first-order chi connectivity index (χ1) is 17.5. The van der Waals surface area contributed by atoms with Gasteiger partial charge in [-0.3, -0.25) is 4.79 Å². The second-order valence-corrected chi connectivity index (χ2v) is 9.42. The number of aromatic amines is 1. The summed E-state index contributed by atoms with van der Waals surface area (Å²) in [7, 11) is 3.27. The topological polar surface area (TPSA) is 101 Å². The van der Waals surface area contributed by atoms with Gasteiger partial charge < -0.3 is 34.7 Å². The molecular formula is C27H37N5O4. The molecule has 3 N–H and O–H groups in total. The lowest BCUT2D eigenvalue weighted by Crippen LogP contribution is -2.44. The van der Waals surface area contributed by atoms with Crippen LogP contribution in [-0.4, -0.2) is 79.9 Å². The summed E-state index contributed by atoms with van der Waals surface area (Å²) in [5.74, 6) is 1.42. The Bertz CT molecular complexity index is 1150. The van der Waals surface area contributed by atoms with Gasteiger partial charge in [0.15, 0.2) is 11.5 Å². The van der Waals surface area contributed by atoms with Crippen LogP contribution in [0.25, 0.3) is 11.0 Å². The van der Waals surface area contributed by atoms with E-state index in [0.29, 0.717) is 36.8 Å². The highest BCUT2D eigenvalue weighted by Crippen LogP contribution is 2.29. The zero-order valence-electron chi connectivity index (χ0n) is 21.5. The fourth-order valence-corrected chi connectivity index (χ4v) is 4.59. The van der Waals surface area contributed by atoms with Crippen molar-refractivity contribution in [3.05, 3.63) is 48.3 Å². The fourth-order valence-electron chi connectivity index (χ4n) is 4.59. The Hall–Kier alpha value is -3.30. The number of benzene rings is 2. The standard InChI is InChI=1S/C27H37N5O4/c1-18(2)32(27(33)19-6-9-25(35-4)26(12-19)36-11-5-10-34-3)16-20-14-28-15-24(20)31-21-7-8-22-23(13-21)30-17-29-22/h6-9,12-13,17-18,20,24,28,31H,5,10-11,14-16H2,1-4H3,(H,29,30)/t20-,24+/m0/s1. The van der Waals surface area contributed by atoms with E-state index in [1.807, 2.05) is 11.0 Å². The van der Waals surface area contributed by atoms with Crippen LogP contribution in [0.4, 0.5) is 5.69 Å². The summed E-state index contributed by atoms with van der Waals surface area (Å²) < 4.78 is 16.4. The molecule has 1 aromatic heterocycles. The number of amides is 1. The average molecular weight is 496 g/mol. The number of nitrogens with one attached hydrogen (secondary N) is 3. The highest BCUT2D eigenvalue weighted by atomic mass is 16.5. The number of carbonyl (C=O) groups is 1. The van der Waals surface area contributed by atoms with E-state index >= 15 is 0 Å². The molecule has 4 rings (SSSR count). The average Bonchev–Trinajstić information content (AvgIpc) is 3.53. The van der Waals surface area contributed by atoms with Gasteiger partial charge in [-0.1, -0.05) is 0 Å². The van der Waals surface area contributed by atoms with E-state index in [-0.39, 0.29) is 23.9 Å². The molecule has 0 radical (unpaired) electrons. The maximum Gasteiger partial charge on any atom is 0.254 e. The fraction of sp³-hybridized carbons (Fsp3) is 0.481. The number of imidazole rings is 1. The van der Waals surface area contributed by atoms with Crippen LogP contribution >= 0.6 is 0 Å². The van der Waals surface area contributed by atoms with Gasteiger partial charge in [0.25, 0.3) is 5.91 Å². The molecule has 1 aliphatic rings. The summed E-state index contributed by atoms with van der Waals surface area (Å²) in [5, 5.41) is 7.15. The maximum absolute atomic E-state index is 13.6. The molecule has 0 unspecified atom stereocenters. The molecule has 36 heavy (non-hydrogen) atoms. The van der Waals surface area contributed by atoms with Crippen LogP contribution in [0.2, 0.25) is 0 Å². The molecule has 2 atom stereocenters. The van der Waals surface area contributed by atoms with Crippen LogP contribution in [0.1, 0.15) is 30.6 Å². The van der Waals surface area contributed by atoms with Gasteiger partial charge in [-0.25, -0.2) is 4.98 Å². The molecule has 0 spiro atoms. The third-order valence-corrected chi connectivity index (χ3v) is 6.59. The first-order valence-electron chi connectivity index (χ1n) is 12.5. The van der Waals surface area contributed by atoms with Crippen molar-refractivity contribution >= 4 is 22.6 Å². The van der Waals surface area contributed by atoms with E-state index < -0.39 is 0 Å². The van der Waals surface area contributed by atoms with E-state index in [1.54, 1.807) is 38.7 Å². The molecule has 2 heterocycles. The Balaban J connectivity index is 1.46. The van der Waals surface area contributed by atoms with E-state index in [4.69, 9.17) is 14.2 Å². The monoisotopic (exact) mass is 495 g/mol. The molecule has 1 saturated heterocycles. The van der Waals surface area contributed by atoms with Crippen LogP contribution in [-0.2, 0) is 4.74 Å². The Kier molecular flexibility index (Phi) is 8.66. The second kappa shape index (κ2) is 12.1. The normalized spacial score (nSPS) is 17.5. The molecule has 194 valence electrons. The third-order valence-electron chi connectivity index (χ3n) is 6.59. The molecule has 0 saturated carbocycles. The molecule has 1 aliphatic heterocycles. The minimum Gasteiger partial charge on any atom is -0.493 e. The zero-order chi connectivity index (χ0) is 25.5. The van der Waals surface area contributed by atoms with Gasteiger partial charge in [0, 0.05) is 69.0 Å².